The van der Waals surface area contributed by atoms with Crippen LogP contribution in [0.2, 0.25) is 0 Å². The smallest absolute Gasteiger partial charge is 0.0226 e. The second kappa shape index (κ2) is 5.92. The van der Waals surface area contributed by atoms with Crippen molar-refractivity contribution in [3.8, 4) is 0 Å². The molecule has 0 spiro atoms. The highest BCUT2D eigenvalue weighted by Gasteiger charge is 2.23. The van der Waals surface area contributed by atoms with E-state index in [0.29, 0.717) is 0 Å². The summed E-state index contributed by atoms with van der Waals surface area (Å²) in [4.78, 5) is 0. The fourth-order valence-corrected chi connectivity index (χ4v) is 3.32. The van der Waals surface area contributed by atoms with Crippen LogP contribution in [0.25, 0.3) is 0 Å². The van der Waals surface area contributed by atoms with E-state index in [-0.39, 0.29) is 0 Å². The summed E-state index contributed by atoms with van der Waals surface area (Å²) in [6, 6.07) is 3.07. The van der Waals surface area contributed by atoms with E-state index in [1.54, 1.807) is 0 Å². The minimum Gasteiger partial charge on any atom is -0.352 e. The van der Waals surface area contributed by atoms with Gasteiger partial charge in [0.15, 0.2) is 0 Å². The largest absolute Gasteiger partial charge is 0.352 e. The fourth-order valence-electron chi connectivity index (χ4n) is 3.32. The molecule has 1 N–H and O–H groups in total. The molecule has 1 aliphatic carbocycles. The number of hydrogen-bond acceptors (Lipinski definition) is 1. The van der Waals surface area contributed by atoms with E-state index in [1.807, 2.05) is 0 Å². The Morgan fingerprint density at radius 3 is 2.61 bits per heavy atom. The first-order valence-electron chi connectivity index (χ1n) is 7.48. The van der Waals surface area contributed by atoms with Gasteiger partial charge < -0.3 is 9.88 Å². The topological polar surface area (TPSA) is 17.0 Å². The van der Waals surface area contributed by atoms with Crippen LogP contribution in [-0.4, -0.2) is 10.6 Å². The third-order valence-corrected chi connectivity index (χ3v) is 4.87. The number of nitrogens with zero attached hydrogens (tertiary/aromatic N) is 1. The van der Waals surface area contributed by atoms with Crippen LogP contribution < -0.4 is 5.32 Å². The van der Waals surface area contributed by atoms with Crippen molar-refractivity contribution in [1.29, 1.82) is 0 Å². The van der Waals surface area contributed by atoms with Gasteiger partial charge in [-0.3, -0.25) is 0 Å². The molecule has 1 aliphatic rings. The third-order valence-electron chi connectivity index (χ3n) is 4.87. The van der Waals surface area contributed by atoms with Gasteiger partial charge in [0.25, 0.3) is 0 Å². The summed E-state index contributed by atoms with van der Waals surface area (Å²) >= 11 is 0. The van der Waals surface area contributed by atoms with Crippen LogP contribution in [0.3, 0.4) is 0 Å². The maximum Gasteiger partial charge on any atom is 0.0226 e. The molecule has 1 aromatic rings. The number of aryl methyl sites for hydroxylation is 1. The molecule has 0 aromatic carbocycles. The molecule has 0 amide bonds. The summed E-state index contributed by atoms with van der Waals surface area (Å²) in [5, 5.41) is 3.81. The zero-order valence-corrected chi connectivity index (χ0v) is 12.4. The van der Waals surface area contributed by atoms with Gasteiger partial charge >= 0.3 is 0 Å². The molecule has 0 radical (unpaired) electrons. The van der Waals surface area contributed by atoms with Crippen molar-refractivity contribution in [3.05, 3.63) is 23.0 Å². The van der Waals surface area contributed by atoms with E-state index in [0.717, 1.165) is 18.5 Å². The van der Waals surface area contributed by atoms with Gasteiger partial charge in [-0.25, -0.2) is 0 Å². The van der Waals surface area contributed by atoms with Gasteiger partial charge in [-0.15, -0.1) is 0 Å². The van der Waals surface area contributed by atoms with Crippen LogP contribution >= 0.6 is 0 Å². The lowest BCUT2D eigenvalue weighted by Crippen LogP contribution is -2.37. The van der Waals surface area contributed by atoms with Crippen LogP contribution in [0, 0.1) is 19.8 Å². The van der Waals surface area contributed by atoms with Crippen molar-refractivity contribution < 1.29 is 0 Å². The summed E-state index contributed by atoms with van der Waals surface area (Å²) in [6.07, 6.45) is 6.94. The highest BCUT2D eigenvalue weighted by molar-refractivity contribution is 5.26. The van der Waals surface area contributed by atoms with E-state index in [1.165, 1.54) is 49.1 Å². The van der Waals surface area contributed by atoms with Gasteiger partial charge in [0, 0.05) is 31.0 Å². The van der Waals surface area contributed by atoms with Crippen molar-refractivity contribution in [1.82, 2.24) is 9.88 Å². The lowest BCUT2D eigenvalue weighted by Gasteiger charge is -2.31. The molecule has 1 saturated carbocycles. The molecular weight excluding hydrogens is 220 g/mol. The fraction of sp³-hybridized carbons (Fsp3) is 0.750. The predicted molar refractivity (Wildman–Crippen MR) is 77.8 cm³/mol. The molecule has 2 nitrogen and oxygen atoms in total. The Balaban J connectivity index is 1.95. The summed E-state index contributed by atoms with van der Waals surface area (Å²) < 4.78 is 2.29. The third kappa shape index (κ3) is 2.80. The van der Waals surface area contributed by atoms with Crippen molar-refractivity contribution in [2.45, 2.75) is 65.5 Å². The normalized spacial score (nSPS) is 24.4. The molecule has 0 aliphatic heterocycles. The molecule has 0 saturated heterocycles. The van der Waals surface area contributed by atoms with E-state index in [9.17, 15) is 0 Å². The first-order chi connectivity index (χ1) is 8.63. The van der Waals surface area contributed by atoms with E-state index in [4.69, 9.17) is 0 Å². The monoisotopic (exact) mass is 248 g/mol. The van der Waals surface area contributed by atoms with Crippen molar-refractivity contribution in [2.24, 2.45) is 13.0 Å². The van der Waals surface area contributed by atoms with Gasteiger partial charge in [0.1, 0.15) is 0 Å². The predicted octanol–water partition coefficient (Wildman–Crippen LogP) is 3.70. The average molecular weight is 248 g/mol. The number of nitrogens with one attached hydrogen (secondary N) is 1. The maximum absolute atomic E-state index is 3.81. The second-order valence-electron chi connectivity index (χ2n) is 5.90. The molecular formula is C16H28N2. The van der Waals surface area contributed by atoms with Crippen molar-refractivity contribution >= 4 is 0 Å². The van der Waals surface area contributed by atoms with E-state index in [2.05, 4.69) is 43.8 Å². The van der Waals surface area contributed by atoms with Gasteiger partial charge in [-0.05, 0) is 44.2 Å². The molecule has 2 atom stereocenters. The van der Waals surface area contributed by atoms with Crippen LogP contribution in [-0.2, 0) is 13.6 Å². The molecule has 2 heteroatoms. The van der Waals surface area contributed by atoms with E-state index < -0.39 is 0 Å². The van der Waals surface area contributed by atoms with Crippen LogP contribution in [0.5, 0.6) is 0 Å². The first kappa shape index (κ1) is 13.7. The highest BCUT2D eigenvalue weighted by atomic mass is 15.0. The number of rotatable bonds is 4. The minimum absolute atomic E-state index is 0.740. The lowest BCUT2D eigenvalue weighted by atomic mass is 9.83. The van der Waals surface area contributed by atoms with Gasteiger partial charge in [-0.1, -0.05) is 26.2 Å². The molecule has 2 unspecified atom stereocenters. The number of aromatic nitrogens is 1. The second-order valence-corrected chi connectivity index (χ2v) is 5.90. The van der Waals surface area contributed by atoms with E-state index >= 15 is 0 Å². The molecule has 0 bridgehead atoms. The Hall–Kier alpha value is -0.760. The minimum atomic E-state index is 0.740. The van der Waals surface area contributed by atoms with Crippen molar-refractivity contribution in [3.63, 3.8) is 0 Å². The summed E-state index contributed by atoms with van der Waals surface area (Å²) in [6.45, 7) is 7.78. The van der Waals surface area contributed by atoms with Crippen LogP contribution in [0.15, 0.2) is 6.07 Å². The standard InChI is InChI=1S/C16H28N2/c1-5-14-8-6-7-9-16(14)17-11-15-10-12(2)18(4)13(15)3/h10,14,16-17H,5-9,11H2,1-4H3. The molecule has 102 valence electrons. The Bertz CT molecular complexity index is 392. The van der Waals surface area contributed by atoms with Crippen molar-refractivity contribution in [2.75, 3.05) is 0 Å². The van der Waals surface area contributed by atoms with Gasteiger partial charge in [0.2, 0.25) is 0 Å². The van der Waals surface area contributed by atoms with Gasteiger partial charge in [-0.2, -0.15) is 0 Å². The maximum atomic E-state index is 3.81. The Kier molecular flexibility index (Phi) is 4.50. The zero-order valence-electron chi connectivity index (χ0n) is 12.4. The van der Waals surface area contributed by atoms with Crippen LogP contribution in [0.4, 0.5) is 0 Å². The molecule has 18 heavy (non-hydrogen) atoms. The average Bonchev–Trinajstić information content (AvgIpc) is 2.64. The van der Waals surface area contributed by atoms with Gasteiger partial charge in [0.05, 0.1) is 0 Å². The Morgan fingerprint density at radius 1 is 1.28 bits per heavy atom. The summed E-state index contributed by atoms with van der Waals surface area (Å²) in [5.74, 6) is 0.892. The lowest BCUT2D eigenvalue weighted by molar-refractivity contribution is 0.254. The zero-order chi connectivity index (χ0) is 13.1. The SMILES string of the molecule is CCC1CCCCC1NCc1cc(C)n(C)c1C. The first-order valence-corrected chi connectivity index (χ1v) is 7.48. The quantitative estimate of drug-likeness (QED) is 0.859. The van der Waals surface area contributed by atoms with Crippen LogP contribution in [0.1, 0.15) is 56.0 Å². The summed E-state index contributed by atoms with van der Waals surface area (Å²) in [7, 11) is 2.16. The summed E-state index contributed by atoms with van der Waals surface area (Å²) in [5.41, 5.74) is 4.24. The Labute approximate surface area is 112 Å². The molecule has 1 heterocycles. The molecule has 2 rings (SSSR count). The Morgan fingerprint density at radius 2 is 2.00 bits per heavy atom. The number of hydrogen-bond donors (Lipinski definition) is 1. The highest BCUT2D eigenvalue weighted by Crippen LogP contribution is 2.27. The molecule has 1 fully saturated rings. The molecule has 1 aromatic heterocycles.